The van der Waals surface area contributed by atoms with Crippen LogP contribution in [0.2, 0.25) is 0 Å². The zero-order valence-corrected chi connectivity index (χ0v) is 21.4. The van der Waals surface area contributed by atoms with Crippen molar-refractivity contribution in [3.63, 3.8) is 0 Å². The van der Waals surface area contributed by atoms with E-state index in [2.05, 4.69) is 30.2 Å². The van der Waals surface area contributed by atoms with Crippen molar-refractivity contribution in [2.24, 2.45) is 5.92 Å². The Kier molecular flexibility index (Phi) is 10.0. The van der Waals surface area contributed by atoms with Crippen molar-refractivity contribution < 1.29 is 14.0 Å². The normalized spacial score (nSPS) is 14.3. The number of benzene rings is 1. The second-order valence-electron chi connectivity index (χ2n) is 9.61. The number of anilines is 1. The van der Waals surface area contributed by atoms with Gasteiger partial charge in [-0.2, -0.15) is 0 Å². The lowest BCUT2D eigenvalue weighted by Gasteiger charge is -2.17. The third-order valence-corrected chi connectivity index (χ3v) is 6.54. The van der Waals surface area contributed by atoms with E-state index in [4.69, 9.17) is 9.83 Å². The lowest BCUT2D eigenvalue weighted by Crippen LogP contribution is -2.15. The van der Waals surface area contributed by atoms with Gasteiger partial charge in [0.25, 0.3) is 5.91 Å². The van der Waals surface area contributed by atoms with Gasteiger partial charge < -0.3 is 15.1 Å². The number of amides is 1. The molecule has 3 rings (SSSR count). The predicted molar refractivity (Wildman–Crippen MR) is 141 cm³/mol. The number of nitrogens with one attached hydrogen (secondary N) is 2. The van der Waals surface area contributed by atoms with Crippen LogP contribution in [0.25, 0.3) is 0 Å². The highest BCUT2D eigenvalue weighted by atomic mass is 16.3. The molecule has 0 aliphatic heterocycles. The summed E-state index contributed by atoms with van der Waals surface area (Å²) < 4.78 is 5.47. The van der Waals surface area contributed by atoms with E-state index in [-0.39, 0.29) is 23.3 Å². The predicted octanol–water partition coefficient (Wildman–Crippen LogP) is 7.51. The topological polar surface area (TPSA) is 96.1 Å². The molecule has 1 atom stereocenters. The molecule has 6 nitrogen and oxygen atoms in total. The summed E-state index contributed by atoms with van der Waals surface area (Å²) in [6, 6.07) is 5.50. The Balaban J connectivity index is 1.68. The third-order valence-electron chi connectivity index (χ3n) is 6.54. The first-order valence-electron chi connectivity index (χ1n) is 13.1. The molecule has 35 heavy (non-hydrogen) atoms. The number of allylic oxidation sites excluding steroid dienone is 2. The van der Waals surface area contributed by atoms with Gasteiger partial charge in [0, 0.05) is 28.8 Å². The molecular weight excluding hydrogens is 438 g/mol. The van der Waals surface area contributed by atoms with Crippen LogP contribution < -0.4 is 5.32 Å². The first-order valence-corrected chi connectivity index (χ1v) is 13.1. The van der Waals surface area contributed by atoms with Crippen molar-refractivity contribution in [3.8, 4) is 0 Å². The molecule has 0 spiro atoms. The number of hydrogen-bond acceptors (Lipinski definition) is 5. The Hall–Kier alpha value is -3.02. The summed E-state index contributed by atoms with van der Waals surface area (Å²) in [5.74, 6) is 0.835. The summed E-state index contributed by atoms with van der Waals surface area (Å²) in [7, 11) is 0. The quantitative estimate of drug-likeness (QED) is 0.205. The fraction of sp³-hybridized carbons (Fsp3) is 0.517. The van der Waals surface area contributed by atoms with Crippen LogP contribution in [-0.2, 0) is 6.42 Å². The minimum absolute atomic E-state index is 0.0450. The molecule has 1 amide bonds. The van der Waals surface area contributed by atoms with Gasteiger partial charge in [-0.3, -0.25) is 9.59 Å². The average Bonchev–Trinajstić information content (AvgIpc) is 3.57. The van der Waals surface area contributed by atoms with Gasteiger partial charge in [0.05, 0.1) is 0 Å². The Labute approximate surface area is 209 Å². The number of hydrogen-bond donors (Lipinski definition) is 2. The van der Waals surface area contributed by atoms with E-state index in [1.54, 1.807) is 6.07 Å². The molecule has 0 bridgehead atoms. The van der Waals surface area contributed by atoms with Crippen LogP contribution in [0.5, 0.6) is 0 Å². The molecule has 1 aliphatic carbocycles. The van der Waals surface area contributed by atoms with E-state index >= 15 is 0 Å². The molecule has 2 aromatic rings. The molecule has 2 N–H and O–H groups in total. The van der Waals surface area contributed by atoms with Gasteiger partial charge in [0.1, 0.15) is 6.26 Å². The monoisotopic (exact) mass is 477 g/mol. The highest BCUT2D eigenvalue weighted by Crippen LogP contribution is 2.39. The number of aryl methyl sites for hydroxylation is 1. The SMILES string of the molecule is CCC/C=C\C(=N)C(CCCC)CCCc1ccc(C(C)=O)cc1NC(=O)c1coc(C2CC2)n1. The lowest BCUT2D eigenvalue weighted by molar-refractivity contribution is 0.100. The van der Waals surface area contributed by atoms with Crippen LogP contribution in [-0.4, -0.2) is 22.4 Å². The third kappa shape index (κ3) is 8.01. The lowest BCUT2D eigenvalue weighted by atomic mass is 9.89. The van der Waals surface area contributed by atoms with Crippen LogP contribution >= 0.6 is 0 Å². The standard InChI is InChI=1S/C29H39N3O3/c1-4-6-8-13-25(30)21(10-7-5-2)11-9-12-22-14-17-24(20(3)33)18-26(22)31-28(34)27-19-35-29(32-27)23-15-16-23/h8,13-14,17-19,21,23,30H,4-7,9-12,15-16H2,1-3H3,(H,31,34)/b13-8-,30-25?. The zero-order chi connectivity index (χ0) is 25.2. The molecule has 1 aromatic carbocycles. The first-order chi connectivity index (χ1) is 16.9. The van der Waals surface area contributed by atoms with Gasteiger partial charge in [0.15, 0.2) is 17.4 Å². The second-order valence-corrected chi connectivity index (χ2v) is 9.61. The largest absolute Gasteiger partial charge is 0.448 e. The van der Waals surface area contributed by atoms with E-state index in [0.717, 1.165) is 69.8 Å². The summed E-state index contributed by atoms with van der Waals surface area (Å²) in [5.41, 5.74) is 3.16. The minimum Gasteiger partial charge on any atom is -0.448 e. The fourth-order valence-electron chi connectivity index (χ4n) is 4.18. The van der Waals surface area contributed by atoms with E-state index in [9.17, 15) is 9.59 Å². The van der Waals surface area contributed by atoms with E-state index < -0.39 is 0 Å². The van der Waals surface area contributed by atoms with Crippen molar-refractivity contribution in [2.75, 3.05) is 5.32 Å². The van der Waals surface area contributed by atoms with Crippen molar-refractivity contribution in [1.29, 1.82) is 5.41 Å². The number of carbonyl (C=O) groups is 2. The molecule has 0 radical (unpaired) electrons. The Morgan fingerprint density at radius 3 is 2.66 bits per heavy atom. The van der Waals surface area contributed by atoms with Gasteiger partial charge in [-0.1, -0.05) is 51.3 Å². The summed E-state index contributed by atoms with van der Waals surface area (Å²) in [4.78, 5) is 29.2. The van der Waals surface area contributed by atoms with Crippen molar-refractivity contribution in [1.82, 2.24) is 4.98 Å². The number of unbranched alkanes of at least 4 members (excludes halogenated alkanes) is 2. The molecule has 1 unspecified atom stereocenters. The zero-order valence-electron chi connectivity index (χ0n) is 21.4. The van der Waals surface area contributed by atoms with Gasteiger partial charge in [-0.15, -0.1) is 0 Å². The number of aromatic nitrogens is 1. The van der Waals surface area contributed by atoms with Crippen molar-refractivity contribution >= 4 is 23.1 Å². The van der Waals surface area contributed by atoms with Gasteiger partial charge in [0.2, 0.25) is 0 Å². The number of ketones is 1. The van der Waals surface area contributed by atoms with Crippen LogP contribution in [0.15, 0.2) is 41.0 Å². The smallest absolute Gasteiger partial charge is 0.277 e. The summed E-state index contributed by atoms with van der Waals surface area (Å²) in [6.45, 7) is 5.85. The van der Waals surface area contributed by atoms with Crippen molar-refractivity contribution in [2.45, 2.75) is 90.9 Å². The van der Waals surface area contributed by atoms with E-state index in [0.29, 0.717) is 28.8 Å². The molecule has 1 fully saturated rings. The highest BCUT2D eigenvalue weighted by Gasteiger charge is 2.29. The second kappa shape index (κ2) is 13.2. The number of oxazole rings is 1. The van der Waals surface area contributed by atoms with Gasteiger partial charge >= 0.3 is 0 Å². The molecule has 1 aliphatic rings. The van der Waals surface area contributed by atoms with Crippen LogP contribution in [0.4, 0.5) is 5.69 Å². The molecule has 1 aromatic heterocycles. The van der Waals surface area contributed by atoms with Gasteiger partial charge in [-0.25, -0.2) is 4.98 Å². The van der Waals surface area contributed by atoms with Crippen LogP contribution in [0.1, 0.15) is 117 Å². The van der Waals surface area contributed by atoms with Crippen LogP contribution in [0, 0.1) is 11.3 Å². The summed E-state index contributed by atoms with van der Waals surface area (Å²) in [6.07, 6.45) is 15.5. The maximum atomic E-state index is 12.9. The molecule has 1 heterocycles. The average molecular weight is 478 g/mol. The number of rotatable bonds is 15. The molecular formula is C29H39N3O3. The van der Waals surface area contributed by atoms with Gasteiger partial charge in [-0.05, 0) is 69.6 Å². The maximum absolute atomic E-state index is 12.9. The van der Waals surface area contributed by atoms with E-state index in [1.165, 1.54) is 13.2 Å². The molecule has 6 heteroatoms. The first kappa shape index (κ1) is 26.6. The molecule has 1 saturated carbocycles. The maximum Gasteiger partial charge on any atom is 0.277 e. The van der Waals surface area contributed by atoms with Crippen LogP contribution in [0.3, 0.4) is 0 Å². The van der Waals surface area contributed by atoms with E-state index in [1.807, 2.05) is 18.2 Å². The molecule has 0 saturated heterocycles. The minimum atomic E-state index is -0.328. The van der Waals surface area contributed by atoms with Crippen molar-refractivity contribution in [3.05, 3.63) is 59.3 Å². The Bertz CT molecular complexity index is 1050. The number of Topliss-reactive ketones (excluding diaryl/α,β-unsaturated/α-hetero) is 1. The Morgan fingerprint density at radius 2 is 1.97 bits per heavy atom. The fourth-order valence-corrected chi connectivity index (χ4v) is 4.18. The summed E-state index contributed by atoms with van der Waals surface area (Å²) >= 11 is 0. The molecule has 188 valence electrons. The highest BCUT2D eigenvalue weighted by molar-refractivity contribution is 6.04. The number of carbonyl (C=O) groups excluding carboxylic acids is 2. The Morgan fingerprint density at radius 1 is 1.20 bits per heavy atom. The summed E-state index contributed by atoms with van der Waals surface area (Å²) in [5, 5.41) is 11.5. The number of nitrogens with zero attached hydrogens (tertiary/aromatic N) is 1.